The number of rotatable bonds is 1. The van der Waals surface area contributed by atoms with Gasteiger partial charge >= 0.3 is 0 Å². The van der Waals surface area contributed by atoms with Gasteiger partial charge in [0.05, 0.1) is 5.69 Å². The summed E-state index contributed by atoms with van der Waals surface area (Å²) in [5, 5.41) is 12.7. The molecule has 1 aliphatic heterocycles. The lowest BCUT2D eigenvalue weighted by atomic mass is 10.0. The maximum Gasteiger partial charge on any atom is 0.146 e. The number of benzene rings is 1. The number of phenols is 1. The predicted molar refractivity (Wildman–Crippen MR) is 56.2 cm³/mol. The van der Waals surface area contributed by atoms with Crippen molar-refractivity contribution in [2.24, 2.45) is 0 Å². The van der Waals surface area contributed by atoms with Crippen LogP contribution in [-0.4, -0.2) is 18.3 Å². The van der Waals surface area contributed by atoms with Crippen molar-refractivity contribution in [1.82, 2.24) is 0 Å². The van der Waals surface area contributed by atoms with Crippen LogP contribution in [-0.2, 0) is 0 Å². The Labute approximate surface area is 83.7 Å². The zero-order chi connectivity index (χ0) is 10.1. The molecule has 1 heterocycles. The molecular weight excluding hydrogens is 178 g/mol. The Morgan fingerprint density at radius 1 is 1.43 bits per heavy atom. The molecule has 0 amide bonds. The minimum Gasteiger partial charge on any atom is -0.508 e. The minimum absolute atomic E-state index is 0.297. The summed E-state index contributed by atoms with van der Waals surface area (Å²) in [5.74, 6) is 1.55. The molecule has 1 aromatic rings. The normalized spacial score (nSPS) is 14.5. The minimum atomic E-state index is 0.297. The van der Waals surface area contributed by atoms with Crippen LogP contribution in [0.3, 0.4) is 0 Å². The first-order valence-electron chi connectivity index (χ1n) is 4.92. The van der Waals surface area contributed by atoms with Gasteiger partial charge in [-0.25, -0.2) is 0 Å². The average molecular weight is 193 g/mol. The molecule has 0 bridgehead atoms. The second-order valence-electron chi connectivity index (χ2n) is 3.84. The molecule has 0 atom stereocenters. The van der Waals surface area contributed by atoms with E-state index in [9.17, 15) is 5.11 Å². The summed E-state index contributed by atoms with van der Waals surface area (Å²) in [4.78, 5) is 0. The maximum absolute atomic E-state index is 9.52. The Bertz CT molecular complexity index is 347. The molecule has 3 heteroatoms. The van der Waals surface area contributed by atoms with E-state index in [1.807, 2.05) is 0 Å². The Kier molecular flexibility index (Phi) is 2.23. The summed E-state index contributed by atoms with van der Waals surface area (Å²) in [6.07, 6.45) is 0. The van der Waals surface area contributed by atoms with Gasteiger partial charge in [0, 0.05) is 18.2 Å². The third-order valence-electron chi connectivity index (χ3n) is 2.39. The average Bonchev–Trinajstić information content (AvgIpc) is 2.16. The number of fused-ring (bicyclic) bond motifs is 1. The largest absolute Gasteiger partial charge is 0.508 e. The summed E-state index contributed by atoms with van der Waals surface area (Å²) in [5.41, 5.74) is 1.96. The van der Waals surface area contributed by atoms with Gasteiger partial charge in [-0.2, -0.15) is 0 Å². The molecule has 1 aromatic carbocycles. The highest BCUT2D eigenvalue weighted by Gasteiger charge is 2.17. The van der Waals surface area contributed by atoms with Crippen molar-refractivity contribution in [3.63, 3.8) is 0 Å². The summed E-state index contributed by atoms with van der Waals surface area (Å²) in [7, 11) is 0. The smallest absolute Gasteiger partial charge is 0.146 e. The fourth-order valence-corrected chi connectivity index (χ4v) is 1.70. The summed E-state index contributed by atoms with van der Waals surface area (Å²) in [6.45, 7) is 5.67. The van der Waals surface area contributed by atoms with Gasteiger partial charge in [-0.05, 0) is 12.0 Å². The Balaban J connectivity index is 2.52. The van der Waals surface area contributed by atoms with Crippen molar-refractivity contribution in [3.8, 4) is 11.5 Å². The summed E-state index contributed by atoms with van der Waals surface area (Å²) < 4.78 is 5.60. The lowest BCUT2D eigenvalue weighted by molar-refractivity contribution is 0.317. The first-order chi connectivity index (χ1) is 6.68. The van der Waals surface area contributed by atoms with E-state index in [1.165, 1.54) is 0 Å². The van der Waals surface area contributed by atoms with Crippen LogP contribution in [0.15, 0.2) is 12.1 Å². The lowest BCUT2D eigenvalue weighted by Crippen LogP contribution is -2.19. The van der Waals surface area contributed by atoms with Gasteiger partial charge in [0.25, 0.3) is 0 Å². The van der Waals surface area contributed by atoms with Gasteiger partial charge in [0.15, 0.2) is 0 Å². The van der Waals surface area contributed by atoms with Crippen molar-refractivity contribution >= 4 is 5.69 Å². The molecule has 2 N–H and O–H groups in total. The highest BCUT2D eigenvalue weighted by atomic mass is 16.5. The fourth-order valence-electron chi connectivity index (χ4n) is 1.70. The highest BCUT2D eigenvalue weighted by Crippen LogP contribution is 2.38. The molecule has 0 saturated heterocycles. The third-order valence-corrected chi connectivity index (χ3v) is 2.39. The van der Waals surface area contributed by atoms with Crippen LogP contribution in [0.25, 0.3) is 0 Å². The molecule has 2 rings (SSSR count). The van der Waals surface area contributed by atoms with Gasteiger partial charge in [-0.1, -0.05) is 13.8 Å². The zero-order valence-electron chi connectivity index (χ0n) is 8.50. The van der Waals surface area contributed by atoms with Crippen LogP contribution >= 0.6 is 0 Å². The van der Waals surface area contributed by atoms with E-state index in [0.717, 1.165) is 23.5 Å². The standard InChI is InChI=1S/C11H15NO2/c1-7(2)9-5-8(13)6-10-11(9)14-4-3-12-10/h5-7,12-13H,3-4H2,1-2H3. The molecule has 0 spiro atoms. The van der Waals surface area contributed by atoms with E-state index in [-0.39, 0.29) is 0 Å². The van der Waals surface area contributed by atoms with Crippen molar-refractivity contribution in [2.45, 2.75) is 19.8 Å². The molecule has 0 aromatic heterocycles. The molecule has 3 nitrogen and oxygen atoms in total. The molecule has 1 aliphatic rings. The number of anilines is 1. The molecule has 76 valence electrons. The third kappa shape index (κ3) is 1.50. The number of nitrogens with one attached hydrogen (secondary N) is 1. The van der Waals surface area contributed by atoms with E-state index in [0.29, 0.717) is 18.3 Å². The van der Waals surface area contributed by atoms with E-state index >= 15 is 0 Å². The summed E-state index contributed by atoms with van der Waals surface area (Å²) >= 11 is 0. The predicted octanol–water partition coefficient (Wildman–Crippen LogP) is 2.32. The first-order valence-corrected chi connectivity index (χ1v) is 4.92. The number of hydrogen-bond donors (Lipinski definition) is 2. The van der Waals surface area contributed by atoms with Crippen molar-refractivity contribution in [1.29, 1.82) is 0 Å². The SMILES string of the molecule is CC(C)c1cc(O)cc2c1OCCN2. The van der Waals surface area contributed by atoms with Crippen LogP contribution in [0.4, 0.5) is 5.69 Å². The topological polar surface area (TPSA) is 41.5 Å². The van der Waals surface area contributed by atoms with Crippen molar-refractivity contribution < 1.29 is 9.84 Å². The second kappa shape index (κ2) is 3.40. The summed E-state index contributed by atoms with van der Waals surface area (Å²) in [6, 6.07) is 3.48. The van der Waals surface area contributed by atoms with E-state index in [4.69, 9.17) is 4.74 Å². The van der Waals surface area contributed by atoms with Gasteiger partial charge in [0.2, 0.25) is 0 Å². The van der Waals surface area contributed by atoms with Gasteiger partial charge in [0.1, 0.15) is 18.1 Å². The number of ether oxygens (including phenoxy) is 1. The van der Waals surface area contributed by atoms with Crippen molar-refractivity contribution in [3.05, 3.63) is 17.7 Å². The molecule has 0 fully saturated rings. The molecule has 14 heavy (non-hydrogen) atoms. The Morgan fingerprint density at radius 3 is 2.93 bits per heavy atom. The molecule has 0 saturated carbocycles. The second-order valence-corrected chi connectivity index (χ2v) is 3.84. The van der Waals surface area contributed by atoms with E-state index in [2.05, 4.69) is 19.2 Å². The first kappa shape index (κ1) is 9.19. The molecule has 0 radical (unpaired) electrons. The van der Waals surface area contributed by atoms with Crippen LogP contribution < -0.4 is 10.1 Å². The lowest BCUT2D eigenvalue weighted by Gasteiger charge is -2.23. The number of phenolic OH excluding ortho intramolecular Hbond substituents is 1. The van der Waals surface area contributed by atoms with Crippen LogP contribution in [0.2, 0.25) is 0 Å². The van der Waals surface area contributed by atoms with Crippen LogP contribution in [0, 0.1) is 0 Å². The fraction of sp³-hybridized carbons (Fsp3) is 0.455. The van der Waals surface area contributed by atoms with Crippen molar-refractivity contribution in [2.75, 3.05) is 18.5 Å². The Hall–Kier alpha value is -1.38. The van der Waals surface area contributed by atoms with Gasteiger partial charge < -0.3 is 15.2 Å². The molecular formula is C11H15NO2. The molecule has 0 aliphatic carbocycles. The van der Waals surface area contributed by atoms with E-state index in [1.54, 1.807) is 12.1 Å². The van der Waals surface area contributed by atoms with Crippen LogP contribution in [0.1, 0.15) is 25.3 Å². The van der Waals surface area contributed by atoms with Gasteiger partial charge in [-0.3, -0.25) is 0 Å². The highest BCUT2D eigenvalue weighted by molar-refractivity contribution is 5.65. The quantitative estimate of drug-likeness (QED) is 0.719. The molecule has 0 unspecified atom stereocenters. The van der Waals surface area contributed by atoms with E-state index < -0.39 is 0 Å². The number of hydrogen-bond acceptors (Lipinski definition) is 3. The van der Waals surface area contributed by atoms with Crippen LogP contribution in [0.5, 0.6) is 11.5 Å². The number of aromatic hydroxyl groups is 1. The monoisotopic (exact) mass is 193 g/mol. The maximum atomic E-state index is 9.52. The zero-order valence-corrected chi connectivity index (χ0v) is 8.50. The van der Waals surface area contributed by atoms with Gasteiger partial charge in [-0.15, -0.1) is 0 Å². The Morgan fingerprint density at radius 2 is 2.21 bits per heavy atom.